The van der Waals surface area contributed by atoms with Gasteiger partial charge in [0.05, 0.1) is 19.2 Å². The van der Waals surface area contributed by atoms with E-state index in [-0.39, 0.29) is 5.91 Å². The maximum absolute atomic E-state index is 11.9. The highest BCUT2D eigenvalue weighted by Gasteiger charge is 2.13. The molecule has 2 heterocycles. The van der Waals surface area contributed by atoms with Crippen LogP contribution in [0.5, 0.6) is 5.75 Å². The Kier molecular flexibility index (Phi) is 5.62. The number of hydrogen-bond acceptors (Lipinski definition) is 7. The van der Waals surface area contributed by atoms with Crippen molar-refractivity contribution in [2.75, 3.05) is 7.11 Å². The van der Waals surface area contributed by atoms with Gasteiger partial charge in [-0.3, -0.25) is 4.79 Å². The fourth-order valence-electron chi connectivity index (χ4n) is 2.47. The van der Waals surface area contributed by atoms with E-state index in [1.54, 1.807) is 13.2 Å². The predicted octanol–water partition coefficient (Wildman–Crippen LogP) is 2.68. The van der Waals surface area contributed by atoms with E-state index in [1.165, 1.54) is 0 Å². The van der Waals surface area contributed by atoms with Crippen molar-refractivity contribution in [2.45, 2.75) is 32.7 Å². The summed E-state index contributed by atoms with van der Waals surface area (Å²) < 4.78 is 15.5. The van der Waals surface area contributed by atoms with Gasteiger partial charge in [-0.05, 0) is 25.5 Å². The third kappa shape index (κ3) is 4.47. The van der Waals surface area contributed by atoms with Crippen LogP contribution < -0.4 is 10.1 Å². The number of carbonyl (C=O) groups is 1. The van der Waals surface area contributed by atoms with E-state index in [0.717, 1.165) is 11.3 Å². The molecule has 1 aromatic carbocycles. The predicted molar refractivity (Wildman–Crippen MR) is 92.3 cm³/mol. The molecule has 136 valence electrons. The van der Waals surface area contributed by atoms with Crippen LogP contribution in [0.15, 0.2) is 39.4 Å². The summed E-state index contributed by atoms with van der Waals surface area (Å²) in [7, 11) is 1.60. The summed E-state index contributed by atoms with van der Waals surface area (Å²) in [5.74, 6) is 2.31. The van der Waals surface area contributed by atoms with Gasteiger partial charge in [-0.15, -0.1) is 0 Å². The Morgan fingerprint density at radius 2 is 2.08 bits per heavy atom. The van der Waals surface area contributed by atoms with Crippen molar-refractivity contribution in [2.24, 2.45) is 0 Å². The Labute approximate surface area is 150 Å². The van der Waals surface area contributed by atoms with Crippen LogP contribution in [0.2, 0.25) is 0 Å². The summed E-state index contributed by atoms with van der Waals surface area (Å²) >= 11 is 0. The minimum atomic E-state index is -0.0601. The van der Waals surface area contributed by atoms with Crippen molar-refractivity contribution in [1.82, 2.24) is 20.6 Å². The fraction of sp³-hybridized carbons (Fsp3) is 0.333. The van der Waals surface area contributed by atoms with Crippen LogP contribution in [-0.2, 0) is 17.8 Å². The molecule has 26 heavy (non-hydrogen) atoms. The third-order valence-corrected chi connectivity index (χ3v) is 3.75. The Balaban J connectivity index is 1.47. The molecule has 0 spiro atoms. The number of rotatable bonds is 8. The maximum atomic E-state index is 11.9. The van der Waals surface area contributed by atoms with Crippen LogP contribution in [0.1, 0.15) is 30.2 Å². The number of nitrogens with one attached hydrogen (secondary N) is 1. The van der Waals surface area contributed by atoms with Crippen molar-refractivity contribution >= 4 is 5.91 Å². The molecule has 0 atom stereocenters. The zero-order valence-electron chi connectivity index (χ0n) is 14.7. The van der Waals surface area contributed by atoms with Gasteiger partial charge in [0, 0.05) is 18.9 Å². The first-order valence-electron chi connectivity index (χ1n) is 8.30. The molecule has 2 aromatic heterocycles. The molecule has 3 aromatic rings. The average molecular weight is 356 g/mol. The zero-order chi connectivity index (χ0) is 18.4. The summed E-state index contributed by atoms with van der Waals surface area (Å²) in [6.45, 7) is 2.16. The second-order valence-corrected chi connectivity index (χ2v) is 5.77. The van der Waals surface area contributed by atoms with Gasteiger partial charge in [0.1, 0.15) is 17.2 Å². The van der Waals surface area contributed by atoms with E-state index in [1.807, 2.05) is 31.2 Å². The Hall–Kier alpha value is -3.16. The number of hydrogen-bond donors (Lipinski definition) is 1. The lowest BCUT2D eigenvalue weighted by atomic mass is 10.2. The average Bonchev–Trinajstić information content (AvgIpc) is 3.29. The number of ether oxygens (including phenoxy) is 1. The van der Waals surface area contributed by atoms with E-state index in [2.05, 4.69) is 20.6 Å². The van der Waals surface area contributed by atoms with Crippen LogP contribution in [-0.4, -0.2) is 28.3 Å². The minimum Gasteiger partial charge on any atom is -0.496 e. The number of carbonyl (C=O) groups excluding carboxylic acids is 1. The van der Waals surface area contributed by atoms with Crippen LogP contribution in [0, 0.1) is 6.92 Å². The van der Waals surface area contributed by atoms with Gasteiger partial charge in [-0.2, -0.15) is 4.98 Å². The van der Waals surface area contributed by atoms with E-state index in [4.69, 9.17) is 13.8 Å². The monoisotopic (exact) mass is 356 g/mol. The van der Waals surface area contributed by atoms with Crippen LogP contribution in [0.25, 0.3) is 11.4 Å². The van der Waals surface area contributed by atoms with Gasteiger partial charge < -0.3 is 19.1 Å². The first-order chi connectivity index (χ1) is 12.7. The first kappa shape index (κ1) is 17.7. The SMILES string of the molecule is COc1ccccc1-c1noc(CCCC(=O)NCc2cc(C)on2)n1. The van der Waals surface area contributed by atoms with Gasteiger partial charge in [-0.25, -0.2) is 0 Å². The van der Waals surface area contributed by atoms with Crippen molar-refractivity contribution in [1.29, 1.82) is 0 Å². The number of aryl methyl sites for hydroxylation is 2. The number of nitrogens with zero attached hydrogens (tertiary/aromatic N) is 3. The molecule has 0 saturated heterocycles. The molecule has 1 N–H and O–H groups in total. The smallest absolute Gasteiger partial charge is 0.226 e. The molecule has 0 aliphatic rings. The van der Waals surface area contributed by atoms with Gasteiger partial charge in [0.15, 0.2) is 0 Å². The van der Waals surface area contributed by atoms with Crippen LogP contribution in [0.4, 0.5) is 0 Å². The molecule has 3 rings (SSSR count). The number of amides is 1. The van der Waals surface area contributed by atoms with Crippen molar-refractivity contribution in [3.8, 4) is 17.1 Å². The fourth-order valence-corrected chi connectivity index (χ4v) is 2.47. The highest BCUT2D eigenvalue weighted by molar-refractivity contribution is 5.75. The Morgan fingerprint density at radius 3 is 2.85 bits per heavy atom. The summed E-state index contributed by atoms with van der Waals surface area (Å²) in [5.41, 5.74) is 1.47. The Bertz CT molecular complexity index is 871. The molecule has 0 radical (unpaired) electrons. The number of methoxy groups -OCH3 is 1. The summed E-state index contributed by atoms with van der Waals surface area (Å²) in [6, 6.07) is 9.26. The standard InChI is InChI=1S/C18H20N4O4/c1-12-10-13(21-25-12)11-19-16(23)8-5-9-17-20-18(22-26-17)14-6-3-4-7-15(14)24-2/h3-4,6-7,10H,5,8-9,11H2,1-2H3,(H,19,23). The third-order valence-electron chi connectivity index (χ3n) is 3.75. The Morgan fingerprint density at radius 1 is 1.23 bits per heavy atom. The summed E-state index contributed by atoms with van der Waals surface area (Å²) in [4.78, 5) is 16.2. The maximum Gasteiger partial charge on any atom is 0.226 e. The number of para-hydroxylation sites is 1. The van der Waals surface area contributed by atoms with Gasteiger partial charge in [0.25, 0.3) is 0 Å². The molecule has 0 aliphatic carbocycles. The molecule has 8 heteroatoms. The largest absolute Gasteiger partial charge is 0.496 e. The van der Waals surface area contributed by atoms with Crippen molar-refractivity contribution in [3.63, 3.8) is 0 Å². The van der Waals surface area contributed by atoms with E-state index < -0.39 is 0 Å². The number of aromatic nitrogens is 3. The van der Waals surface area contributed by atoms with Crippen LogP contribution in [0.3, 0.4) is 0 Å². The van der Waals surface area contributed by atoms with E-state index >= 15 is 0 Å². The lowest BCUT2D eigenvalue weighted by Gasteiger charge is -2.03. The minimum absolute atomic E-state index is 0.0601. The highest BCUT2D eigenvalue weighted by atomic mass is 16.5. The first-order valence-corrected chi connectivity index (χ1v) is 8.30. The van der Waals surface area contributed by atoms with Gasteiger partial charge >= 0.3 is 0 Å². The van der Waals surface area contributed by atoms with E-state index in [9.17, 15) is 4.79 Å². The molecule has 0 bridgehead atoms. The normalized spacial score (nSPS) is 10.7. The lowest BCUT2D eigenvalue weighted by Crippen LogP contribution is -2.22. The second-order valence-electron chi connectivity index (χ2n) is 5.77. The summed E-state index contributed by atoms with van der Waals surface area (Å²) in [6.07, 6.45) is 1.50. The second kappa shape index (κ2) is 8.28. The summed E-state index contributed by atoms with van der Waals surface area (Å²) in [5, 5.41) is 10.6. The van der Waals surface area contributed by atoms with Gasteiger partial charge in [-0.1, -0.05) is 22.4 Å². The topological polar surface area (TPSA) is 103 Å². The molecule has 0 fully saturated rings. The highest BCUT2D eigenvalue weighted by Crippen LogP contribution is 2.27. The van der Waals surface area contributed by atoms with Gasteiger partial charge in [0.2, 0.25) is 17.6 Å². The molecule has 1 amide bonds. The zero-order valence-corrected chi connectivity index (χ0v) is 14.7. The van der Waals surface area contributed by atoms with Crippen molar-refractivity contribution in [3.05, 3.63) is 47.7 Å². The quantitative estimate of drug-likeness (QED) is 0.662. The molecule has 0 saturated carbocycles. The lowest BCUT2D eigenvalue weighted by molar-refractivity contribution is -0.121. The molecule has 8 nitrogen and oxygen atoms in total. The molecular weight excluding hydrogens is 336 g/mol. The molecule has 0 aliphatic heterocycles. The van der Waals surface area contributed by atoms with E-state index in [0.29, 0.717) is 49.0 Å². The molecule has 0 unspecified atom stereocenters. The van der Waals surface area contributed by atoms with Crippen molar-refractivity contribution < 1.29 is 18.6 Å². The van der Waals surface area contributed by atoms with Crippen LogP contribution >= 0.6 is 0 Å². The molecular formula is C18H20N4O4. The number of benzene rings is 1.